The molecule has 0 unspecified atom stereocenters. The third-order valence-corrected chi connectivity index (χ3v) is 8.84. The van der Waals surface area contributed by atoms with Crippen molar-refractivity contribution < 1.29 is 5.11 Å². The zero-order valence-corrected chi connectivity index (χ0v) is 15.2. The second-order valence-electron chi connectivity index (χ2n) is 8.20. The fraction of sp³-hybridized carbons (Fsp3) is 0.789. The van der Waals surface area contributed by atoms with Crippen LogP contribution in [0.15, 0.2) is 23.8 Å². The smallest absolute Gasteiger partial charge is 0.0577 e. The van der Waals surface area contributed by atoms with Gasteiger partial charge in [0.25, 0.3) is 0 Å². The van der Waals surface area contributed by atoms with E-state index >= 15 is 0 Å². The van der Waals surface area contributed by atoms with E-state index in [0.29, 0.717) is 10.8 Å². The number of aliphatic hydroxyl groups excluding tert-OH is 1. The van der Waals surface area contributed by atoms with Gasteiger partial charge in [-0.15, -0.1) is 0 Å². The second-order valence-corrected chi connectivity index (χ2v) is 8.96. The fourth-order valence-corrected chi connectivity index (χ4v) is 7.36. The molecule has 1 nitrogen and oxygen atoms in total. The molecule has 2 fully saturated rings. The number of alkyl halides is 1. The molecule has 21 heavy (non-hydrogen) atoms. The van der Waals surface area contributed by atoms with E-state index in [9.17, 15) is 5.11 Å². The van der Waals surface area contributed by atoms with E-state index in [2.05, 4.69) is 47.7 Å². The first-order chi connectivity index (χ1) is 10.1. The Morgan fingerprint density at radius 3 is 2.90 bits per heavy atom. The van der Waals surface area contributed by atoms with Crippen LogP contribution in [0, 0.1) is 28.6 Å². The summed E-state index contributed by atoms with van der Waals surface area (Å²) < 4.78 is 1.29. The molecule has 1 N–H and O–H groups in total. The van der Waals surface area contributed by atoms with E-state index in [1.807, 2.05) is 0 Å². The molecule has 0 aromatic carbocycles. The van der Waals surface area contributed by atoms with Crippen molar-refractivity contribution in [3.8, 4) is 0 Å². The van der Waals surface area contributed by atoms with Crippen molar-refractivity contribution in [3.05, 3.63) is 23.8 Å². The first-order valence-electron chi connectivity index (χ1n) is 8.70. The first-order valence-corrected chi connectivity index (χ1v) is 10.2. The molecular formula is C19H27IO. The van der Waals surface area contributed by atoms with Crippen LogP contribution in [-0.4, -0.2) is 15.6 Å². The molecule has 0 radical (unpaired) electrons. The summed E-state index contributed by atoms with van der Waals surface area (Å²) in [5, 5.41) is 10.0. The lowest BCUT2D eigenvalue weighted by atomic mass is 9.48. The van der Waals surface area contributed by atoms with E-state index in [1.165, 1.54) is 36.5 Å². The van der Waals surface area contributed by atoms with Crippen LogP contribution in [0.25, 0.3) is 0 Å². The zero-order chi connectivity index (χ0) is 14.7. The van der Waals surface area contributed by atoms with Gasteiger partial charge in [-0.3, -0.25) is 0 Å². The minimum Gasteiger partial charge on any atom is -0.393 e. The standard InChI is InChI=1S/C19H27IO/c1-18-9-6-14(21)11-13(18)4-5-15-16(18)7-10-19(12-20)8-2-3-17(15)19/h2,4,8,14-17,21H,3,5-7,9-12H2,1H3/t14-,15+,16-,17-,18-,19-/m0/s1. The summed E-state index contributed by atoms with van der Waals surface area (Å²) in [6.45, 7) is 2.51. The summed E-state index contributed by atoms with van der Waals surface area (Å²) >= 11 is 2.62. The predicted octanol–water partition coefficient (Wildman–Crippen LogP) is 4.89. The van der Waals surface area contributed by atoms with Crippen molar-refractivity contribution in [2.75, 3.05) is 4.43 Å². The number of hydrogen-bond acceptors (Lipinski definition) is 1. The minimum atomic E-state index is -0.0777. The predicted molar refractivity (Wildman–Crippen MR) is 95.4 cm³/mol. The van der Waals surface area contributed by atoms with E-state index in [-0.39, 0.29) is 6.10 Å². The number of allylic oxidation sites excluding steroid dienone is 3. The molecule has 0 bridgehead atoms. The summed E-state index contributed by atoms with van der Waals surface area (Å²) in [7, 11) is 0. The average molecular weight is 398 g/mol. The quantitative estimate of drug-likeness (QED) is 0.379. The Morgan fingerprint density at radius 1 is 1.24 bits per heavy atom. The Labute approximate surface area is 142 Å². The summed E-state index contributed by atoms with van der Waals surface area (Å²) in [6, 6.07) is 0. The average Bonchev–Trinajstić information content (AvgIpc) is 2.92. The molecule has 2 heteroatoms. The van der Waals surface area contributed by atoms with Crippen LogP contribution in [0.1, 0.15) is 51.9 Å². The first kappa shape index (κ1) is 14.7. The van der Waals surface area contributed by atoms with Crippen molar-refractivity contribution in [1.82, 2.24) is 0 Å². The van der Waals surface area contributed by atoms with Gasteiger partial charge in [0.2, 0.25) is 0 Å². The molecule has 4 aliphatic carbocycles. The lowest BCUT2D eigenvalue weighted by Gasteiger charge is -2.57. The molecule has 2 saturated carbocycles. The van der Waals surface area contributed by atoms with Crippen LogP contribution in [0.4, 0.5) is 0 Å². The summed E-state index contributed by atoms with van der Waals surface area (Å²) in [5.41, 5.74) is 2.50. The molecule has 0 spiro atoms. The van der Waals surface area contributed by atoms with Crippen molar-refractivity contribution in [3.63, 3.8) is 0 Å². The number of aliphatic hydroxyl groups is 1. The molecule has 4 aliphatic rings. The Hall–Kier alpha value is 0.170. The van der Waals surface area contributed by atoms with Crippen LogP contribution in [0.2, 0.25) is 0 Å². The van der Waals surface area contributed by atoms with Gasteiger partial charge in [-0.2, -0.15) is 0 Å². The second kappa shape index (κ2) is 5.09. The maximum absolute atomic E-state index is 10.0. The third-order valence-electron chi connectivity index (χ3n) is 7.42. The van der Waals surface area contributed by atoms with E-state index in [4.69, 9.17) is 0 Å². The fourth-order valence-electron chi connectivity index (χ4n) is 6.16. The van der Waals surface area contributed by atoms with Crippen LogP contribution in [-0.2, 0) is 0 Å². The highest BCUT2D eigenvalue weighted by Gasteiger charge is 2.55. The van der Waals surface area contributed by atoms with Gasteiger partial charge < -0.3 is 5.11 Å². The number of fused-ring (bicyclic) bond motifs is 5. The molecule has 0 aromatic rings. The van der Waals surface area contributed by atoms with Crippen molar-refractivity contribution in [1.29, 1.82) is 0 Å². The van der Waals surface area contributed by atoms with Gasteiger partial charge in [0.05, 0.1) is 6.10 Å². The van der Waals surface area contributed by atoms with Gasteiger partial charge in [-0.05, 0) is 68.1 Å². The Morgan fingerprint density at radius 2 is 2.10 bits per heavy atom. The summed E-state index contributed by atoms with van der Waals surface area (Å²) in [6.07, 6.45) is 16.0. The molecule has 6 atom stereocenters. The number of halogens is 1. The Bertz CT molecular complexity index is 496. The summed E-state index contributed by atoms with van der Waals surface area (Å²) in [5.74, 6) is 2.63. The van der Waals surface area contributed by atoms with Gasteiger partial charge in [0.1, 0.15) is 0 Å². The van der Waals surface area contributed by atoms with Gasteiger partial charge in [-0.25, -0.2) is 0 Å². The molecule has 0 aromatic heterocycles. The molecule has 116 valence electrons. The number of hydrogen-bond donors (Lipinski definition) is 1. The highest BCUT2D eigenvalue weighted by Crippen LogP contribution is 2.63. The number of rotatable bonds is 1. The monoisotopic (exact) mass is 398 g/mol. The van der Waals surface area contributed by atoms with Crippen LogP contribution < -0.4 is 0 Å². The topological polar surface area (TPSA) is 20.2 Å². The van der Waals surface area contributed by atoms with Gasteiger partial charge in [0, 0.05) is 9.84 Å². The molecule has 0 amide bonds. The Kier molecular flexibility index (Phi) is 3.57. The molecule has 0 heterocycles. The largest absolute Gasteiger partial charge is 0.393 e. The SMILES string of the molecule is C[C@]12CC[C@H](O)CC1=CC[C@H]1[C@@H]3CC=C[C@@]3(CI)CC[C@@H]12. The maximum atomic E-state index is 10.0. The minimum absolute atomic E-state index is 0.0777. The zero-order valence-electron chi connectivity index (χ0n) is 13.0. The lowest BCUT2D eigenvalue weighted by Crippen LogP contribution is -2.50. The highest BCUT2D eigenvalue weighted by atomic mass is 127. The Balaban J connectivity index is 1.68. The van der Waals surface area contributed by atoms with Crippen LogP contribution in [0.3, 0.4) is 0 Å². The highest BCUT2D eigenvalue weighted by molar-refractivity contribution is 14.1. The van der Waals surface area contributed by atoms with Crippen molar-refractivity contribution >= 4 is 22.6 Å². The normalized spacial score (nSPS) is 51.9. The van der Waals surface area contributed by atoms with Crippen molar-refractivity contribution in [2.24, 2.45) is 28.6 Å². The van der Waals surface area contributed by atoms with E-state index in [0.717, 1.165) is 30.6 Å². The lowest BCUT2D eigenvalue weighted by molar-refractivity contribution is -0.0240. The summed E-state index contributed by atoms with van der Waals surface area (Å²) in [4.78, 5) is 0. The van der Waals surface area contributed by atoms with Crippen LogP contribution in [0.5, 0.6) is 0 Å². The van der Waals surface area contributed by atoms with Crippen molar-refractivity contribution in [2.45, 2.75) is 58.0 Å². The molecule has 0 saturated heterocycles. The van der Waals surface area contributed by atoms with E-state index in [1.54, 1.807) is 5.57 Å². The maximum Gasteiger partial charge on any atom is 0.0577 e. The van der Waals surface area contributed by atoms with Gasteiger partial charge in [-0.1, -0.05) is 53.3 Å². The third kappa shape index (κ3) is 2.04. The van der Waals surface area contributed by atoms with Gasteiger partial charge >= 0.3 is 0 Å². The van der Waals surface area contributed by atoms with Gasteiger partial charge in [0.15, 0.2) is 0 Å². The van der Waals surface area contributed by atoms with Crippen LogP contribution >= 0.6 is 22.6 Å². The molecule has 4 rings (SSSR count). The molecular weight excluding hydrogens is 371 g/mol. The molecule has 0 aliphatic heterocycles. The van der Waals surface area contributed by atoms with E-state index < -0.39 is 0 Å².